The van der Waals surface area contributed by atoms with Crippen LogP contribution in [0.2, 0.25) is 0 Å². The minimum atomic E-state index is -0.571. The number of benzene rings is 2. The van der Waals surface area contributed by atoms with Crippen LogP contribution in [0.25, 0.3) is 0 Å². The van der Waals surface area contributed by atoms with Gasteiger partial charge in [0.15, 0.2) is 5.96 Å². The molecule has 1 saturated heterocycles. The Kier molecular flexibility index (Phi) is 10.9. The Hall–Kier alpha value is -2.23. The van der Waals surface area contributed by atoms with Gasteiger partial charge in [0.05, 0.1) is 0 Å². The zero-order chi connectivity index (χ0) is 22.1. The van der Waals surface area contributed by atoms with Crippen LogP contribution in [-0.2, 0) is 17.6 Å². The highest BCUT2D eigenvalue weighted by atomic mass is 127. The lowest BCUT2D eigenvalue weighted by molar-refractivity contribution is -0.127. The van der Waals surface area contributed by atoms with Gasteiger partial charge >= 0.3 is 0 Å². The van der Waals surface area contributed by atoms with E-state index in [1.54, 1.807) is 0 Å². The second-order valence-corrected chi connectivity index (χ2v) is 7.82. The number of hydrogen-bond donors (Lipinski definition) is 2. The highest BCUT2D eigenvalue weighted by molar-refractivity contribution is 14.0. The number of nitrogens with zero attached hydrogens (tertiary/aromatic N) is 2. The highest BCUT2D eigenvalue weighted by Gasteiger charge is 2.29. The fourth-order valence-electron chi connectivity index (χ4n) is 3.74. The molecule has 0 bridgehead atoms. The Balaban J connectivity index is 0.00000363. The van der Waals surface area contributed by atoms with Crippen LogP contribution in [0.4, 0.5) is 8.78 Å². The van der Waals surface area contributed by atoms with Crippen LogP contribution < -0.4 is 10.6 Å². The average molecular weight is 556 g/mol. The van der Waals surface area contributed by atoms with Crippen LogP contribution in [0.1, 0.15) is 24.5 Å². The zero-order valence-corrected chi connectivity index (χ0v) is 20.7. The van der Waals surface area contributed by atoms with E-state index in [-0.39, 0.29) is 35.8 Å². The zero-order valence-electron chi connectivity index (χ0n) is 18.3. The molecule has 1 heterocycles. The molecule has 1 aliphatic rings. The van der Waals surface area contributed by atoms with Gasteiger partial charge < -0.3 is 15.5 Å². The SMILES string of the molecule is CCNC(=NCC1CC(=O)N(CCc2ccccc2)C1)NCCc1cc(F)cc(F)c1.I. The predicted octanol–water partition coefficient (Wildman–Crippen LogP) is 3.77. The highest BCUT2D eigenvalue weighted by Crippen LogP contribution is 2.18. The second-order valence-electron chi connectivity index (χ2n) is 7.82. The third kappa shape index (κ3) is 8.37. The number of likely N-dealkylation sites (tertiary alicyclic amines) is 1. The number of guanidine groups is 1. The molecule has 2 aromatic rings. The maximum Gasteiger partial charge on any atom is 0.223 e. The first-order valence-corrected chi connectivity index (χ1v) is 10.8. The van der Waals surface area contributed by atoms with E-state index in [0.717, 1.165) is 25.6 Å². The molecular formula is C24H31F2IN4O. The molecule has 0 aromatic heterocycles. The van der Waals surface area contributed by atoms with Crippen molar-refractivity contribution in [1.82, 2.24) is 15.5 Å². The molecule has 8 heteroatoms. The van der Waals surface area contributed by atoms with E-state index < -0.39 is 11.6 Å². The van der Waals surface area contributed by atoms with Crippen LogP contribution >= 0.6 is 24.0 Å². The quantitative estimate of drug-likeness (QED) is 0.281. The maximum absolute atomic E-state index is 13.3. The Labute approximate surface area is 205 Å². The van der Waals surface area contributed by atoms with Crippen LogP contribution in [0, 0.1) is 17.6 Å². The van der Waals surface area contributed by atoms with Gasteiger partial charge in [-0.15, -0.1) is 24.0 Å². The summed E-state index contributed by atoms with van der Waals surface area (Å²) in [6.45, 7) is 5.18. The molecule has 2 N–H and O–H groups in total. The van der Waals surface area contributed by atoms with E-state index in [9.17, 15) is 13.6 Å². The van der Waals surface area contributed by atoms with Gasteiger partial charge in [-0.25, -0.2) is 8.78 Å². The van der Waals surface area contributed by atoms with E-state index in [2.05, 4.69) is 27.8 Å². The number of nitrogens with one attached hydrogen (secondary N) is 2. The van der Waals surface area contributed by atoms with Crippen LogP contribution in [0.5, 0.6) is 0 Å². The van der Waals surface area contributed by atoms with Crippen molar-refractivity contribution < 1.29 is 13.6 Å². The van der Waals surface area contributed by atoms with E-state index in [4.69, 9.17) is 0 Å². The van der Waals surface area contributed by atoms with Crippen molar-refractivity contribution in [2.24, 2.45) is 10.9 Å². The first-order chi connectivity index (χ1) is 15.0. The van der Waals surface area contributed by atoms with Crippen molar-refractivity contribution in [1.29, 1.82) is 0 Å². The van der Waals surface area contributed by atoms with E-state index in [1.165, 1.54) is 17.7 Å². The molecule has 3 rings (SSSR count). The van der Waals surface area contributed by atoms with Gasteiger partial charge in [-0.1, -0.05) is 30.3 Å². The van der Waals surface area contributed by atoms with Gasteiger partial charge in [-0.2, -0.15) is 0 Å². The molecule has 0 saturated carbocycles. The van der Waals surface area contributed by atoms with Gasteiger partial charge in [0.1, 0.15) is 11.6 Å². The minimum absolute atomic E-state index is 0. The van der Waals surface area contributed by atoms with Gasteiger partial charge in [0.25, 0.3) is 0 Å². The number of aliphatic imine (C=N–C) groups is 1. The first kappa shape index (κ1) is 26.0. The van der Waals surface area contributed by atoms with Gasteiger partial charge in [-0.05, 0) is 43.0 Å². The summed E-state index contributed by atoms with van der Waals surface area (Å²) in [6, 6.07) is 13.7. The average Bonchev–Trinajstić information content (AvgIpc) is 3.10. The van der Waals surface area contributed by atoms with Crippen LogP contribution in [0.3, 0.4) is 0 Å². The molecular weight excluding hydrogens is 525 g/mol. The third-order valence-corrected chi connectivity index (χ3v) is 5.29. The first-order valence-electron chi connectivity index (χ1n) is 10.8. The molecule has 174 valence electrons. The van der Waals surface area contributed by atoms with Crippen molar-refractivity contribution in [3.05, 3.63) is 71.3 Å². The lowest BCUT2D eigenvalue weighted by atomic mass is 10.1. The van der Waals surface area contributed by atoms with Crippen molar-refractivity contribution in [3.8, 4) is 0 Å². The summed E-state index contributed by atoms with van der Waals surface area (Å²) < 4.78 is 26.6. The van der Waals surface area contributed by atoms with Crippen molar-refractivity contribution in [2.75, 3.05) is 32.7 Å². The number of carbonyl (C=O) groups excluding carboxylic acids is 1. The largest absolute Gasteiger partial charge is 0.357 e. The van der Waals surface area contributed by atoms with E-state index >= 15 is 0 Å². The topological polar surface area (TPSA) is 56.7 Å². The fraction of sp³-hybridized carbons (Fsp3) is 0.417. The lowest BCUT2D eigenvalue weighted by Crippen LogP contribution is -2.38. The maximum atomic E-state index is 13.3. The third-order valence-electron chi connectivity index (χ3n) is 5.29. The number of carbonyl (C=O) groups is 1. The summed E-state index contributed by atoms with van der Waals surface area (Å²) in [4.78, 5) is 18.9. The fourth-order valence-corrected chi connectivity index (χ4v) is 3.74. The summed E-state index contributed by atoms with van der Waals surface area (Å²) >= 11 is 0. The molecule has 5 nitrogen and oxygen atoms in total. The smallest absolute Gasteiger partial charge is 0.223 e. The van der Waals surface area contributed by atoms with E-state index in [1.807, 2.05) is 30.0 Å². The lowest BCUT2D eigenvalue weighted by Gasteiger charge is -2.16. The van der Waals surface area contributed by atoms with Crippen molar-refractivity contribution >= 4 is 35.8 Å². The summed E-state index contributed by atoms with van der Waals surface area (Å²) in [5.74, 6) is -0.121. The Morgan fingerprint density at radius 2 is 1.78 bits per heavy atom. The van der Waals surface area contributed by atoms with Crippen molar-refractivity contribution in [3.63, 3.8) is 0 Å². The monoisotopic (exact) mass is 556 g/mol. The number of halogens is 3. The molecule has 0 aliphatic carbocycles. The van der Waals surface area contributed by atoms with Gasteiger partial charge in [-0.3, -0.25) is 9.79 Å². The molecule has 0 radical (unpaired) electrons. The normalized spacial score (nSPS) is 16.1. The Morgan fingerprint density at radius 1 is 1.06 bits per heavy atom. The molecule has 1 amide bonds. The van der Waals surface area contributed by atoms with Crippen LogP contribution in [-0.4, -0.2) is 49.5 Å². The summed E-state index contributed by atoms with van der Waals surface area (Å²) in [5.41, 5.74) is 1.82. The summed E-state index contributed by atoms with van der Waals surface area (Å²) in [5, 5.41) is 6.37. The van der Waals surface area contributed by atoms with Crippen LogP contribution in [0.15, 0.2) is 53.5 Å². The summed E-state index contributed by atoms with van der Waals surface area (Å²) in [7, 11) is 0. The standard InChI is InChI=1S/C24H30F2N4O.HI/c1-2-27-24(28-10-8-19-12-21(25)15-22(26)13-19)29-16-20-14-23(31)30(17-20)11-9-18-6-4-3-5-7-18;/h3-7,12-13,15,20H,2,8-11,14,16-17H2,1H3,(H2,27,28,29);1H. The molecule has 1 aliphatic heterocycles. The predicted molar refractivity (Wildman–Crippen MR) is 134 cm³/mol. The second kappa shape index (κ2) is 13.3. The Morgan fingerprint density at radius 3 is 2.47 bits per heavy atom. The summed E-state index contributed by atoms with van der Waals surface area (Å²) in [6.07, 6.45) is 1.85. The number of hydrogen-bond acceptors (Lipinski definition) is 2. The molecule has 2 aromatic carbocycles. The molecule has 1 atom stereocenters. The minimum Gasteiger partial charge on any atom is -0.357 e. The Bertz CT molecular complexity index is 875. The molecule has 1 fully saturated rings. The van der Waals surface area contributed by atoms with Gasteiger partial charge in [0, 0.05) is 51.1 Å². The molecule has 1 unspecified atom stereocenters. The number of rotatable bonds is 9. The number of amides is 1. The van der Waals surface area contributed by atoms with E-state index in [0.29, 0.717) is 44.0 Å². The molecule has 32 heavy (non-hydrogen) atoms. The van der Waals surface area contributed by atoms with Gasteiger partial charge in [0.2, 0.25) is 5.91 Å². The molecule has 0 spiro atoms. The van der Waals surface area contributed by atoms with Crippen molar-refractivity contribution in [2.45, 2.75) is 26.2 Å².